The van der Waals surface area contributed by atoms with Crippen LogP contribution in [-0.2, 0) is 6.42 Å². The first-order valence-electron chi connectivity index (χ1n) is 12.0. The summed E-state index contributed by atoms with van der Waals surface area (Å²) in [7, 11) is 0. The molecule has 1 atom stereocenters. The van der Waals surface area contributed by atoms with E-state index in [1.165, 1.54) is 0 Å². The summed E-state index contributed by atoms with van der Waals surface area (Å²) < 4.78 is 12.9. The van der Waals surface area contributed by atoms with E-state index in [1.807, 2.05) is 84.9 Å². The van der Waals surface area contributed by atoms with E-state index in [9.17, 15) is 9.59 Å². The molecule has 5 aromatic rings. The maximum atomic E-state index is 13.8. The van der Waals surface area contributed by atoms with Crippen molar-refractivity contribution in [2.75, 3.05) is 6.54 Å². The molecule has 6 rings (SSSR count). The first-order valence-corrected chi connectivity index (χ1v) is 12.8. The SMILES string of the molecule is O=C1c2oc3ccc(Br)cc3c(=O)c2C(c2cccc(Oc3ccccc3)c2)N1CCc1ccccc1. The van der Waals surface area contributed by atoms with E-state index in [2.05, 4.69) is 15.9 Å². The van der Waals surface area contributed by atoms with Gasteiger partial charge in [0.1, 0.15) is 17.1 Å². The first kappa shape index (κ1) is 23.3. The van der Waals surface area contributed by atoms with Gasteiger partial charge in [-0.05, 0) is 60.0 Å². The van der Waals surface area contributed by atoms with Crippen molar-refractivity contribution in [1.29, 1.82) is 0 Å². The van der Waals surface area contributed by atoms with Gasteiger partial charge in [-0.25, -0.2) is 0 Å². The molecule has 182 valence electrons. The van der Waals surface area contributed by atoms with Crippen molar-refractivity contribution in [3.63, 3.8) is 0 Å². The molecular formula is C31H22BrNO4. The van der Waals surface area contributed by atoms with E-state index >= 15 is 0 Å². The van der Waals surface area contributed by atoms with Crippen molar-refractivity contribution < 1.29 is 13.9 Å². The zero-order chi connectivity index (χ0) is 25.4. The molecular weight excluding hydrogens is 530 g/mol. The van der Waals surface area contributed by atoms with Crippen molar-refractivity contribution in [2.24, 2.45) is 0 Å². The highest BCUT2D eigenvalue weighted by atomic mass is 79.9. The fourth-order valence-corrected chi connectivity index (χ4v) is 5.20. The molecule has 0 spiro atoms. The van der Waals surface area contributed by atoms with Gasteiger partial charge in [0.25, 0.3) is 5.91 Å². The Balaban J connectivity index is 1.46. The Kier molecular flexibility index (Phi) is 6.10. The molecule has 0 N–H and O–H groups in total. The first-order chi connectivity index (χ1) is 18.1. The fraction of sp³-hybridized carbons (Fsp3) is 0.0968. The van der Waals surface area contributed by atoms with E-state index in [1.54, 1.807) is 23.1 Å². The number of rotatable bonds is 6. The number of amides is 1. The Morgan fingerprint density at radius 1 is 0.811 bits per heavy atom. The number of ether oxygens (including phenoxy) is 1. The predicted molar refractivity (Wildman–Crippen MR) is 146 cm³/mol. The van der Waals surface area contributed by atoms with Crippen LogP contribution < -0.4 is 10.2 Å². The van der Waals surface area contributed by atoms with E-state index in [0.29, 0.717) is 41.0 Å². The van der Waals surface area contributed by atoms with Crippen LogP contribution in [0.3, 0.4) is 0 Å². The van der Waals surface area contributed by atoms with Gasteiger partial charge in [0.05, 0.1) is 17.0 Å². The molecule has 1 aliphatic rings. The quantitative estimate of drug-likeness (QED) is 0.225. The van der Waals surface area contributed by atoms with Crippen LogP contribution in [0.15, 0.2) is 117 Å². The third kappa shape index (κ3) is 4.45. The van der Waals surface area contributed by atoms with Crippen LogP contribution in [0, 0.1) is 0 Å². The van der Waals surface area contributed by atoms with E-state index in [0.717, 1.165) is 15.6 Å². The maximum absolute atomic E-state index is 13.8. The lowest BCUT2D eigenvalue weighted by Crippen LogP contribution is -2.31. The van der Waals surface area contributed by atoms with Crippen molar-refractivity contribution in [3.05, 3.63) is 140 Å². The zero-order valence-electron chi connectivity index (χ0n) is 19.8. The number of carbonyl (C=O) groups excluding carboxylic acids is 1. The molecule has 2 heterocycles. The minimum atomic E-state index is -0.592. The summed E-state index contributed by atoms with van der Waals surface area (Å²) >= 11 is 3.45. The molecule has 37 heavy (non-hydrogen) atoms. The van der Waals surface area contributed by atoms with Gasteiger partial charge >= 0.3 is 0 Å². The fourth-order valence-electron chi connectivity index (χ4n) is 4.84. The molecule has 0 saturated heterocycles. The van der Waals surface area contributed by atoms with E-state index in [-0.39, 0.29) is 17.1 Å². The highest BCUT2D eigenvalue weighted by molar-refractivity contribution is 9.10. The van der Waals surface area contributed by atoms with E-state index < -0.39 is 6.04 Å². The normalized spacial score (nSPS) is 14.7. The molecule has 0 fully saturated rings. The molecule has 0 radical (unpaired) electrons. The van der Waals surface area contributed by atoms with Gasteiger partial charge in [0, 0.05) is 11.0 Å². The Morgan fingerprint density at radius 3 is 2.32 bits per heavy atom. The molecule has 1 aromatic heterocycles. The molecule has 0 aliphatic carbocycles. The Bertz CT molecular complexity index is 1660. The molecule has 0 bridgehead atoms. The molecule has 4 aromatic carbocycles. The van der Waals surface area contributed by atoms with Crippen LogP contribution in [0.1, 0.15) is 33.3 Å². The second kappa shape index (κ2) is 9.71. The lowest BCUT2D eigenvalue weighted by Gasteiger charge is -2.25. The summed E-state index contributed by atoms with van der Waals surface area (Å²) in [6, 6.07) is 31.7. The number of benzene rings is 4. The topological polar surface area (TPSA) is 59.8 Å². The second-order valence-corrected chi connectivity index (χ2v) is 9.85. The number of hydrogen-bond donors (Lipinski definition) is 0. The largest absolute Gasteiger partial charge is 0.457 e. The third-order valence-electron chi connectivity index (χ3n) is 6.56. The minimum Gasteiger partial charge on any atom is -0.457 e. The number of nitrogens with zero attached hydrogens (tertiary/aromatic N) is 1. The van der Waals surface area contributed by atoms with E-state index in [4.69, 9.17) is 9.15 Å². The summed E-state index contributed by atoms with van der Waals surface area (Å²) in [5.41, 5.74) is 2.45. The maximum Gasteiger partial charge on any atom is 0.290 e. The molecule has 1 amide bonds. The van der Waals surface area contributed by atoms with Crippen LogP contribution in [0.2, 0.25) is 0 Å². The summed E-state index contributed by atoms with van der Waals surface area (Å²) in [4.78, 5) is 29.2. The zero-order valence-corrected chi connectivity index (χ0v) is 21.4. The number of carbonyl (C=O) groups is 1. The average Bonchev–Trinajstić information content (AvgIpc) is 3.21. The van der Waals surface area contributed by atoms with Crippen LogP contribution in [0.5, 0.6) is 11.5 Å². The second-order valence-electron chi connectivity index (χ2n) is 8.94. The average molecular weight is 552 g/mol. The van der Waals surface area contributed by atoms with Crippen LogP contribution >= 0.6 is 15.9 Å². The van der Waals surface area contributed by atoms with Crippen LogP contribution in [-0.4, -0.2) is 17.4 Å². The molecule has 1 unspecified atom stereocenters. The number of hydrogen-bond acceptors (Lipinski definition) is 4. The standard InChI is InChI=1S/C31H22BrNO4/c32-22-14-15-26-25(19-22)29(34)27-28(21-10-7-13-24(18-21)36-23-11-5-2-6-12-23)33(31(35)30(27)37-26)17-16-20-8-3-1-4-9-20/h1-15,18-19,28H,16-17H2. The Labute approximate surface area is 222 Å². The number of halogens is 1. The lowest BCUT2D eigenvalue weighted by atomic mass is 9.98. The Morgan fingerprint density at radius 2 is 1.54 bits per heavy atom. The van der Waals surface area contributed by atoms with Crippen molar-refractivity contribution in [2.45, 2.75) is 12.5 Å². The highest BCUT2D eigenvalue weighted by Crippen LogP contribution is 2.39. The monoisotopic (exact) mass is 551 g/mol. The molecule has 0 saturated carbocycles. The minimum absolute atomic E-state index is 0.104. The van der Waals surface area contributed by atoms with Crippen molar-refractivity contribution in [1.82, 2.24) is 4.90 Å². The summed E-state index contributed by atoms with van der Waals surface area (Å²) in [6.45, 7) is 0.432. The van der Waals surface area contributed by atoms with Crippen LogP contribution in [0.4, 0.5) is 0 Å². The summed E-state index contributed by atoms with van der Waals surface area (Å²) in [5, 5.41) is 0.438. The predicted octanol–water partition coefficient (Wildman–Crippen LogP) is 7.14. The number of para-hydroxylation sites is 1. The molecule has 6 heteroatoms. The third-order valence-corrected chi connectivity index (χ3v) is 7.06. The highest BCUT2D eigenvalue weighted by Gasteiger charge is 2.42. The van der Waals surface area contributed by atoms with Crippen molar-refractivity contribution >= 4 is 32.8 Å². The van der Waals surface area contributed by atoms with Gasteiger partial charge in [-0.1, -0.05) is 76.6 Å². The van der Waals surface area contributed by atoms with Gasteiger partial charge in [-0.3, -0.25) is 9.59 Å². The van der Waals surface area contributed by atoms with Gasteiger partial charge in [-0.2, -0.15) is 0 Å². The Hall–Kier alpha value is -4.16. The van der Waals surface area contributed by atoms with Gasteiger partial charge < -0.3 is 14.1 Å². The van der Waals surface area contributed by atoms with Gasteiger partial charge in [0.15, 0.2) is 5.43 Å². The van der Waals surface area contributed by atoms with Crippen LogP contribution in [0.25, 0.3) is 11.0 Å². The van der Waals surface area contributed by atoms with Gasteiger partial charge in [-0.15, -0.1) is 0 Å². The number of fused-ring (bicyclic) bond motifs is 2. The smallest absolute Gasteiger partial charge is 0.290 e. The van der Waals surface area contributed by atoms with Gasteiger partial charge in [0.2, 0.25) is 5.76 Å². The summed E-state index contributed by atoms with van der Waals surface area (Å²) in [5.74, 6) is 1.15. The summed E-state index contributed by atoms with van der Waals surface area (Å²) in [6.07, 6.45) is 0.649. The van der Waals surface area contributed by atoms with Crippen molar-refractivity contribution in [3.8, 4) is 11.5 Å². The molecule has 1 aliphatic heterocycles. The lowest BCUT2D eigenvalue weighted by molar-refractivity contribution is 0.0730. The molecule has 5 nitrogen and oxygen atoms in total.